The number of rotatable bonds is 3. The average molecular weight is 360 g/mol. The Morgan fingerprint density at radius 3 is 2.04 bits per heavy atom. The van der Waals surface area contributed by atoms with Crippen LogP contribution in [0.15, 0.2) is 103 Å². The number of hydrogen-bond donors (Lipinski definition) is 0. The van der Waals surface area contributed by atoms with E-state index < -0.39 is 0 Å². The van der Waals surface area contributed by atoms with E-state index in [1.807, 2.05) is 6.07 Å². The Kier molecular flexibility index (Phi) is 4.02. The van der Waals surface area contributed by atoms with Crippen LogP contribution in [0.3, 0.4) is 0 Å². The van der Waals surface area contributed by atoms with Gasteiger partial charge in [0.05, 0.1) is 16.7 Å². The molecular formula is C26H20N2. The fourth-order valence-corrected chi connectivity index (χ4v) is 3.75. The minimum absolute atomic E-state index is 0.963. The van der Waals surface area contributed by atoms with Crippen molar-refractivity contribution < 1.29 is 0 Å². The molecule has 0 amide bonds. The number of benzene rings is 4. The van der Waals surface area contributed by atoms with Crippen LogP contribution in [-0.2, 0) is 0 Å². The van der Waals surface area contributed by atoms with Crippen molar-refractivity contribution in [2.45, 2.75) is 6.92 Å². The summed E-state index contributed by atoms with van der Waals surface area (Å²) >= 11 is 0. The van der Waals surface area contributed by atoms with Gasteiger partial charge in [0.1, 0.15) is 5.82 Å². The van der Waals surface area contributed by atoms with Gasteiger partial charge in [-0.2, -0.15) is 0 Å². The van der Waals surface area contributed by atoms with Gasteiger partial charge in [0.25, 0.3) is 0 Å². The second kappa shape index (κ2) is 6.82. The molecule has 4 aromatic carbocycles. The van der Waals surface area contributed by atoms with Gasteiger partial charge in [-0.3, -0.25) is 4.57 Å². The molecule has 0 bridgehead atoms. The van der Waals surface area contributed by atoms with Crippen molar-refractivity contribution >= 4 is 11.0 Å². The Morgan fingerprint density at radius 1 is 0.643 bits per heavy atom. The average Bonchev–Trinajstić information content (AvgIpc) is 3.13. The highest BCUT2D eigenvalue weighted by Crippen LogP contribution is 2.34. The highest BCUT2D eigenvalue weighted by molar-refractivity contribution is 5.86. The molecule has 0 aliphatic carbocycles. The van der Waals surface area contributed by atoms with Crippen molar-refractivity contribution in [1.82, 2.24) is 9.55 Å². The number of fused-ring (bicyclic) bond motifs is 1. The quantitative estimate of drug-likeness (QED) is 0.351. The fourth-order valence-electron chi connectivity index (χ4n) is 3.75. The Morgan fingerprint density at radius 2 is 1.29 bits per heavy atom. The van der Waals surface area contributed by atoms with Crippen molar-refractivity contribution in [2.75, 3.05) is 0 Å². The summed E-state index contributed by atoms with van der Waals surface area (Å²) in [5.41, 5.74) is 7.99. The van der Waals surface area contributed by atoms with E-state index in [1.54, 1.807) is 0 Å². The first kappa shape index (κ1) is 16.5. The minimum atomic E-state index is 0.963. The smallest absolute Gasteiger partial charge is 0.145 e. The van der Waals surface area contributed by atoms with Gasteiger partial charge < -0.3 is 0 Å². The van der Waals surface area contributed by atoms with Crippen molar-refractivity contribution in [2.24, 2.45) is 0 Å². The standard InChI is InChI=1S/C26H20N2/c1-19-16-17-25-23(18-19)27-26(21-12-6-3-7-13-21)28(25)24-15-9-8-14-22(24)20-10-4-2-5-11-20/h2-18H,1H3. The first-order valence-corrected chi connectivity index (χ1v) is 9.50. The molecule has 0 radical (unpaired) electrons. The Bertz CT molecular complexity index is 1250. The predicted molar refractivity (Wildman–Crippen MR) is 117 cm³/mol. The number of imidazole rings is 1. The minimum Gasteiger partial charge on any atom is -0.292 e. The summed E-state index contributed by atoms with van der Waals surface area (Å²) in [6.45, 7) is 2.11. The largest absolute Gasteiger partial charge is 0.292 e. The molecule has 1 heterocycles. The van der Waals surface area contributed by atoms with Crippen LogP contribution in [0, 0.1) is 6.92 Å². The zero-order valence-corrected chi connectivity index (χ0v) is 15.7. The second-order valence-electron chi connectivity index (χ2n) is 7.01. The molecule has 0 saturated heterocycles. The van der Waals surface area contributed by atoms with Crippen LogP contribution in [0.2, 0.25) is 0 Å². The van der Waals surface area contributed by atoms with E-state index in [4.69, 9.17) is 4.98 Å². The lowest BCUT2D eigenvalue weighted by Crippen LogP contribution is -2.00. The predicted octanol–water partition coefficient (Wildman–Crippen LogP) is 6.67. The number of aromatic nitrogens is 2. The van der Waals surface area contributed by atoms with E-state index in [9.17, 15) is 0 Å². The van der Waals surface area contributed by atoms with Crippen LogP contribution in [0.4, 0.5) is 0 Å². The molecule has 28 heavy (non-hydrogen) atoms. The second-order valence-corrected chi connectivity index (χ2v) is 7.01. The highest BCUT2D eigenvalue weighted by atomic mass is 15.1. The van der Waals surface area contributed by atoms with Crippen molar-refractivity contribution in [3.05, 3.63) is 109 Å². The molecule has 1 aromatic heterocycles. The van der Waals surface area contributed by atoms with E-state index in [0.29, 0.717) is 0 Å². The van der Waals surface area contributed by atoms with Gasteiger partial charge in [-0.15, -0.1) is 0 Å². The maximum Gasteiger partial charge on any atom is 0.145 e. The Labute approximate surface area is 164 Å². The molecule has 0 fully saturated rings. The molecule has 2 nitrogen and oxygen atoms in total. The first-order chi connectivity index (χ1) is 13.8. The topological polar surface area (TPSA) is 17.8 Å². The van der Waals surface area contributed by atoms with Crippen LogP contribution >= 0.6 is 0 Å². The summed E-state index contributed by atoms with van der Waals surface area (Å²) in [6.07, 6.45) is 0. The zero-order valence-electron chi connectivity index (χ0n) is 15.7. The van der Waals surface area contributed by atoms with Crippen LogP contribution in [0.5, 0.6) is 0 Å². The van der Waals surface area contributed by atoms with Crippen LogP contribution in [-0.4, -0.2) is 9.55 Å². The number of hydrogen-bond acceptors (Lipinski definition) is 1. The van der Waals surface area contributed by atoms with Gasteiger partial charge in [0, 0.05) is 11.1 Å². The van der Waals surface area contributed by atoms with E-state index in [-0.39, 0.29) is 0 Å². The molecule has 0 N–H and O–H groups in total. The van der Waals surface area contributed by atoms with E-state index >= 15 is 0 Å². The van der Waals surface area contributed by atoms with Crippen molar-refractivity contribution in [3.63, 3.8) is 0 Å². The monoisotopic (exact) mass is 360 g/mol. The third kappa shape index (κ3) is 2.80. The lowest BCUT2D eigenvalue weighted by atomic mass is 10.0. The lowest BCUT2D eigenvalue weighted by Gasteiger charge is -2.15. The Balaban J connectivity index is 1.85. The van der Waals surface area contributed by atoms with E-state index in [2.05, 4.69) is 109 Å². The van der Waals surface area contributed by atoms with Gasteiger partial charge in [-0.05, 0) is 36.2 Å². The molecular weight excluding hydrogens is 340 g/mol. The molecule has 2 heteroatoms. The molecule has 0 aliphatic heterocycles. The first-order valence-electron chi connectivity index (χ1n) is 9.50. The van der Waals surface area contributed by atoms with Gasteiger partial charge in [-0.1, -0.05) is 84.9 Å². The zero-order chi connectivity index (χ0) is 18.9. The molecule has 0 atom stereocenters. The van der Waals surface area contributed by atoms with E-state index in [1.165, 1.54) is 16.7 Å². The van der Waals surface area contributed by atoms with Crippen LogP contribution < -0.4 is 0 Å². The summed E-state index contributed by atoms with van der Waals surface area (Å²) in [5, 5.41) is 0. The molecule has 0 spiro atoms. The summed E-state index contributed by atoms with van der Waals surface area (Å²) < 4.78 is 2.28. The molecule has 5 aromatic rings. The molecule has 0 unspecified atom stereocenters. The Hall–Kier alpha value is -3.65. The fraction of sp³-hybridized carbons (Fsp3) is 0.0385. The summed E-state index contributed by atoms with van der Waals surface area (Å²) in [5.74, 6) is 0.963. The number of para-hydroxylation sites is 1. The normalized spacial score (nSPS) is 11.0. The highest BCUT2D eigenvalue weighted by Gasteiger charge is 2.17. The molecule has 0 aliphatic rings. The van der Waals surface area contributed by atoms with Crippen LogP contribution in [0.25, 0.3) is 39.2 Å². The number of aryl methyl sites for hydroxylation is 1. The lowest BCUT2D eigenvalue weighted by molar-refractivity contribution is 1.10. The third-order valence-electron chi connectivity index (χ3n) is 5.07. The molecule has 134 valence electrons. The maximum absolute atomic E-state index is 5.02. The van der Waals surface area contributed by atoms with Gasteiger partial charge in [0.15, 0.2) is 0 Å². The maximum atomic E-state index is 5.02. The summed E-state index contributed by atoms with van der Waals surface area (Å²) in [6, 6.07) is 36.0. The molecule has 5 rings (SSSR count). The van der Waals surface area contributed by atoms with Crippen molar-refractivity contribution in [3.8, 4) is 28.2 Å². The van der Waals surface area contributed by atoms with Crippen molar-refractivity contribution in [1.29, 1.82) is 0 Å². The van der Waals surface area contributed by atoms with Gasteiger partial charge in [-0.25, -0.2) is 4.98 Å². The molecule has 0 saturated carbocycles. The summed E-state index contributed by atoms with van der Waals surface area (Å²) in [7, 11) is 0. The number of nitrogens with zero attached hydrogens (tertiary/aromatic N) is 2. The van der Waals surface area contributed by atoms with Crippen LogP contribution in [0.1, 0.15) is 5.56 Å². The van der Waals surface area contributed by atoms with Gasteiger partial charge >= 0.3 is 0 Å². The van der Waals surface area contributed by atoms with E-state index in [0.717, 1.165) is 28.1 Å². The van der Waals surface area contributed by atoms with Gasteiger partial charge in [0.2, 0.25) is 0 Å². The SMILES string of the molecule is Cc1ccc2c(c1)nc(-c1ccccc1)n2-c1ccccc1-c1ccccc1. The third-order valence-corrected chi connectivity index (χ3v) is 5.07. The summed E-state index contributed by atoms with van der Waals surface area (Å²) in [4.78, 5) is 5.02.